The summed E-state index contributed by atoms with van der Waals surface area (Å²) in [6, 6.07) is 0. The van der Waals surface area contributed by atoms with Crippen molar-refractivity contribution in [3.05, 3.63) is 0 Å². The molecule has 3 saturated carbocycles. The number of carbonyl (C=O) groups excluding carboxylic acids is 1. The van der Waals surface area contributed by atoms with Crippen LogP contribution >= 0.6 is 0 Å². The zero-order chi connectivity index (χ0) is 7.19. The number of hydrogen-bond acceptors (Lipinski definition) is 2. The summed E-state index contributed by atoms with van der Waals surface area (Å²) >= 11 is 0. The molecule has 56 valence electrons. The summed E-state index contributed by atoms with van der Waals surface area (Å²) in [7, 11) is 0. The Morgan fingerprint density at radius 1 is 1.40 bits per heavy atom. The van der Waals surface area contributed by atoms with Crippen molar-refractivity contribution in [3.8, 4) is 0 Å². The van der Waals surface area contributed by atoms with Crippen LogP contribution in [0, 0.1) is 5.92 Å². The predicted octanol–water partition coefficient (Wildman–Crippen LogP) is 0.881. The lowest BCUT2D eigenvalue weighted by Crippen LogP contribution is -2.48. The highest BCUT2D eigenvalue weighted by Crippen LogP contribution is 2.41. The van der Waals surface area contributed by atoms with Gasteiger partial charge in [-0.25, -0.2) is 0 Å². The lowest BCUT2D eigenvalue weighted by molar-refractivity contribution is -0.150. The second-order valence-corrected chi connectivity index (χ2v) is 3.60. The van der Waals surface area contributed by atoms with Gasteiger partial charge in [0.05, 0.1) is 0 Å². The van der Waals surface area contributed by atoms with E-state index in [0.29, 0.717) is 12.3 Å². The highest BCUT2D eigenvalue weighted by Gasteiger charge is 2.45. The molecule has 10 heavy (non-hydrogen) atoms. The average Bonchev–Trinajstić information content (AvgIpc) is 1.92. The average molecular weight is 140 g/mol. The molecule has 0 aliphatic heterocycles. The number of hydrogen-bond donors (Lipinski definition) is 1. The van der Waals surface area contributed by atoms with E-state index in [1.165, 1.54) is 0 Å². The van der Waals surface area contributed by atoms with Gasteiger partial charge >= 0.3 is 0 Å². The minimum Gasteiger partial charge on any atom is -0.382 e. The Bertz CT molecular complexity index is 166. The molecule has 0 atom stereocenters. The molecule has 0 unspecified atom stereocenters. The summed E-state index contributed by atoms with van der Waals surface area (Å²) < 4.78 is 0. The van der Waals surface area contributed by atoms with Gasteiger partial charge in [-0.2, -0.15) is 0 Å². The maximum Gasteiger partial charge on any atom is 0.164 e. The Hall–Kier alpha value is -0.370. The molecule has 0 aromatic carbocycles. The summed E-state index contributed by atoms with van der Waals surface area (Å²) in [5, 5.41) is 9.64. The van der Waals surface area contributed by atoms with Crippen molar-refractivity contribution in [2.45, 2.75) is 37.7 Å². The Morgan fingerprint density at radius 3 is 2.30 bits per heavy atom. The lowest BCUT2D eigenvalue weighted by atomic mass is 9.67. The molecule has 3 fully saturated rings. The van der Waals surface area contributed by atoms with Gasteiger partial charge in [-0.3, -0.25) is 4.79 Å². The lowest BCUT2D eigenvalue weighted by Gasteiger charge is -2.41. The van der Waals surface area contributed by atoms with E-state index < -0.39 is 5.60 Å². The third-order valence-electron chi connectivity index (χ3n) is 2.93. The van der Waals surface area contributed by atoms with E-state index in [-0.39, 0.29) is 5.78 Å². The number of ketones is 1. The first kappa shape index (κ1) is 6.35. The molecule has 3 aliphatic carbocycles. The minimum absolute atomic E-state index is 0.0926. The molecule has 0 aromatic heterocycles. The molecule has 2 heteroatoms. The van der Waals surface area contributed by atoms with Gasteiger partial charge in [0, 0.05) is 6.42 Å². The summed E-state index contributed by atoms with van der Waals surface area (Å²) in [4.78, 5) is 11.1. The number of aliphatic hydroxyl groups is 1. The van der Waals surface area contributed by atoms with E-state index in [9.17, 15) is 9.90 Å². The van der Waals surface area contributed by atoms with Gasteiger partial charge in [0.25, 0.3) is 0 Å². The molecule has 0 heterocycles. The predicted molar refractivity (Wildman–Crippen MR) is 36.5 cm³/mol. The van der Waals surface area contributed by atoms with Crippen LogP contribution in [-0.2, 0) is 4.79 Å². The van der Waals surface area contributed by atoms with Crippen molar-refractivity contribution in [2.24, 2.45) is 5.92 Å². The Labute approximate surface area is 60.2 Å². The third kappa shape index (κ3) is 0.717. The quantitative estimate of drug-likeness (QED) is 0.542. The van der Waals surface area contributed by atoms with Gasteiger partial charge in [-0.1, -0.05) is 0 Å². The van der Waals surface area contributed by atoms with Crippen molar-refractivity contribution >= 4 is 5.78 Å². The summed E-state index contributed by atoms with van der Waals surface area (Å²) in [6.07, 6.45) is 4.19. The molecule has 0 saturated heterocycles. The topological polar surface area (TPSA) is 37.3 Å². The summed E-state index contributed by atoms with van der Waals surface area (Å²) in [5.41, 5.74) is -0.894. The molecule has 2 bridgehead atoms. The van der Waals surface area contributed by atoms with Crippen LogP contribution in [0.4, 0.5) is 0 Å². The minimum atomic E-state index is -0.894. The number of rotatable bonds is 0. The second-order valence-electron chi connectivity index (χ2n) is 3.60. The van der Waals surface area contributed by atoms with Crippen LogP contribution in [0.15, 0.2) is 0 Å². The monoisotopic (exact) mass is 140 g/mol. The Kier molecular flexibility index (Phi) is 1.15. The van der Waals surface area contributed by atoms with E-state index in [0.717, 1.165) is 25.7 Å². The van der Waals surface area contributed by atoms with E-state index >= 15 is 0 Å². The normalized spacial score (nSPS) is 46.1. The SMILES string of the molecule is O=C1CC2CCC1(O)CC2. The highest BCUT2D eigenvalue weighted by molar-refractivity contribution is 5.88. The Morgan fingerprint density at radius 2 is 2.00 bits per heavy atom. The van der Waals surface area contributed by atoms with Gasteiger partial charge in [-0.05, 0) is 31.6 Å². The molecule has 1 N–H and O–H groups in total. The molecular weight excluding hydrogens is 128 g/mol. The molecule has 3 rings (SSSR count). The van der Waals surface area contributed by atoms with E-state index in [1.54, 1.807) is 0 Å². The van der Waals surface area contributed by atoms with Crippen molar-refractivity contribution in [1.29, 1.82) is 0 Å². The van der Waals surface area contributed by atoms with E-state index in [2.05, 4.69) is 0 Å². The summed E-state index contributed by atoms with van der Waals surface area (Å²) in [5.74, 6) is 0.691. The van der Waals surface area contributed by atoms with Gasteiger partial charge in [-0.15, -0.1) is 0 Å². The molecular formula is C8H12O2. The zero-order valence-corrected chi connectivity index (χ0v) is 5.97. The van der Waals surface area contributed by atoms with Crippen LogP contribution in [0.25, 0.3) is 0 Å². The van der Waals surface area contributed by atoms with Gasteiger partial charge in [0.2, 0.25) is 0 Å². The van der Waals surface area contributed by atoms with E-state index in [1.807, 2.05) is 0 Å². The van der Waals surface area contributed by atoms with Crippen LogP contribution in [-0.4, -0.2) is 16.5 Å². The largest absolute Gasteiger partial charge is 0.382 e. The molecule has 2 nitrogen and oxygen atoms in total. The van der Waals surface area contributed by atoms with Gasteiger partial charge in [0.1, 0.15) is 5.60 Å². The Balaban J connectivity index is 2.25. The zero-order valence-electron chi connectivity index (χ0n) is 5.97. The fourth-order valence-corrected chi connectivity index (χ4v) is 2.09. The molecule has 0 amide bonds. The number of fused-ring (bicyclic) bond motifs is 3. The standard InChI is InChI=1S/C8H12O2/c9-7-5-6-1-3-8(7,10)4-2-6/h6,10H,1-5H2. The first-order chi connectivity index (χ1) is 4.71. The van der Waals surface area contributed by atoms with E-state index in [4.69, 9.17) is 0 Å². The summed E-state index contributed by atoms with van der Waals surface area (Å²) in [6.45, 7) is 0. The second kappa shape index (κ2) is 1.82. The van der Waals surface area contributed by atoms with Crippen LogP contribution in [0.3, 0.4) is 0 Å². The van der Waals surface area contributed by atoms with Crippen molar-refractivity contribution in [1.82, 2.24) is 0 Å². The van der Waals surface area contributed by atoms with Crippen molar-refractivity contribution < 1.29 is 9.90 Å². The van der Waals surface area contributed by atoms with Crippen molar-refractivity contribution in [3.63, 3.8) is 0 Å². The van der Waals surface area contributed by atoms with Crippen LogP contribution in [0.5, 0.6) is 0 Å². The van der Waals surface area contributed by atoms with Gasteiger partial charge in [0.15, 0.2) is 5.78 Å². The number of carbonyl (C=O) groups is 1. The van der Waals surface area contributed by atoms with Gasteiger partial charge < -0.3 is 5.11 Å². The highest BCUT2D eigenvalue weighted by atomic mass is 16.3. The maximum atomic E-state index is 11.1. The van der Waals surface area contributed by atoms with Crippen LogP contribution < -0.4 is 0 Å². The first-order valence-corrected chi connectivity index (χ1v) is 3.96. The molecule has 0 radical (unpaired) electrons. The smallest absolute Gasteiger partial charge is 0.164 e. The molecule has 0 spiro atoms. The fourth-order valence-electron chi connectivity index (χ4n) is 2.09. The van der Waals surface area contributed by atoms with Crippen molar-refractivity contribution in [2.75, 3.05) is 0 Å². The van der Waals surface area contributed by atoms with Crippen LogP contribution in [0.1, 0.15) is 32.1 Å². The van der Waals surface area contributed by atoms with Crippen LogP contribution in [0.2, 0.25) is 0 Å². The third-order valence-corrected chi connectivity index (χ3v) is 2.93. The number of Topliss-reactive ketones (excluding diaryl/α,β-unsaturated/α-hetero) is 1. The molecule has 0 aromatic rings. The fraction of sp³-hybridized carbons (Fsp3) is 0.875. The first-order valence-electron chi connectivity index (χ1n) is 3.96. The maximum absolute atomic E-state index is 11.1. The molecule has 3 aliphatic rings.